The van der Waals surface area contributed by atoms with Gasteiger partial charge in [-0.1, -0.05) is 0 Å². The molecule has 4 fully saturated rings. The van der Waals surface area contributed by atoms with Gasteiger partial charge in [-0.25, -0.2) is 0 Å². The molecule has 126 valence electrons. The van der Waals surface area contributed by atoms with Gasteiger partial charge in [-0.05, 0) is 27.7 Å². The molecular weight excluding hydrogens is 292 g/mol. The monoisotopic (exact) mass is 316 g/mol. The van der Waals surface area contributed by atoms with Crippen molar-refractivity contribution < 1.29 is 33.2 Å². The largest absolute Gasteiger partial charge is 0.376 e. The van der Waals surface area contributed by atoms with E-state index in [2.05, 4.69) is 0 Å². The summed E-state index contributed by atoms with van der Waals surface area (Å²) >= 11 is 0. The molecule has 6 atom stereocenters. The van der Waals surface area contributed by atoms with Crippen molar-refractivity contribution in [3.05, 3.63) is 0 Å². The first kappa shape index (κ1) is 15.3. The van der Waals surface area contributed by atoms with Gasteiger partial charge < -0.3 is 33.2 Å². The summed E-state index contributed by atoms with van der Waals surface area (Å²) in [6.45, 7) is 9.33. The van der Waals surface area contributed by atoms with E-state index in [9.17, 15) is 0 Å². The lowest BCUT2D eigenvalue weighted by Crippen LogP contribution is -2.56. The standard InChI is InChI=1S/C15H24O7/c1-14(2)19-10-9(7-16-5-8-6-17-8)18-13-12(11(10)20-14)21-15(3,4)22-13/h8-13H,5-7H2,1-4H3/t8?,9-,10+,11+,12-,13-/m1/s1. The molecule has 0 aliphatic carbocycles. The summed E-state index contributed by atoms with van der Waals surface area (Å²) in [5, 5.41) is 0. The van der Waals surface area contributed by atoms with Crippen LogP contribution in [0.5, 0.6) is 0 Å². The van der Waals surface area contributed by atoms with Gasteiger partial charge in [0.25, 0.3) is 0 Å². The van der Waals surface area contributed by atoms with Crippen LogP contribution in [-0.4, -0.2) is 68.2 Å². The topological polar surface area (TPSA) is 67.9 Å². The zero-order valence-electron chi connectivity index (χ0n) is 13.4. The van der Waals surface area contributed by atoms with Crippen molar-refractivity contribution in [3.8, 4) is 0 Å². The van der Waals surface area contributed by atoms with Gasteiger partial charge in [0, 0.05) is 0 Å². The lowest BCUT2D eigenvalue weighted by molar-refractivity contribution is -0.243. The summed E-state index contributed by atoms with van der Waals surface area (Å²) < 4.78 is 40.7. The van der Waals surface area contributed by atoms with Crippen molar-refractivity contribution in [3.63, 3.8) is 0 Å². The molecule has 0 radical (unpaired) electrons. The maximum Gasteiger partial charge on any atom is 0.190 e. The average Bonchev–Trinajstić information content (AvgIpc) is 3.07. The third-order valence-corrected chi connectivity index (χ3v) is 4.24. The van der Waals surface area contributed by atoms with E-state index in [4.69, 9.17) is 33.2 Å². The summed E-state index contributed by atoms with van der Waals surface area (Å²) in [5.41, 5.74) is 0. The van der Waals surface area contributed by atoms with Crippen molar-refractivity contribution in [1.29, 1.82) is 0 Å². The highest BCUT2D eigenvalue weighted by atomic mass is 16.9. The van der Waals surface area contributed by atoms with Gasteiger partial charge in [-0.15, -0.1) is 0 Å². The minimum absolute atomic E-state index is 0.221. The fourth-order valence-electron chi connectivity index (χ4n) is 3.31. The second-order valence-corrected chi connectivity index (χ2v) is 7.20. The molecule has 0 N–H and O–H groups in total. The normalized spacial score (nSPS) is 48.0. The lowest BCUT2D eigenvalue weighted by atomic mass is 9.99. The highest BCUT2D eigenvalue weighted by molar-refractivity contribution is 5.00. The van der Waals surface area contributed by atoms with Crippen molar-refractivity contribution in [1.82, 2.24) is 0 Å². The molecule has 7 heteroatoms. The van der Waals surface area contributed by atoms with E-state index in [1.54, 1.807) is 0 Å². The Labute approximate surface area is 130 Å². The number of epoxide rings is 1. The maximum absolute atomic E-state index is 6.04. The second-order valence-electron chi connectivity index (χ2n) is 7.20. The van der Waals surface area contributed by atoms with Crippen LogP contribution in [0, 0.1) is 0 Å². The highest BCUT2D eigenvalue weighted by Gasteiger charge is 2.60. The SMILES string of the molecule is CC1(C)O[C@H]2[C@@H](O1)[C@@H](COCC1CO1)O[C@@H]1OC(C)(C)O[C@@H]12. The molecule has 1 unspecified atom stereocenters. The van der Waals surface area contributed by atoms with Crippen LogP contribution in [0.25, 0.3) is 0 Å². The molecule has 4 rings (SSSR count). The quantitative estimate of drug-likeness (QED) is 0.711. The van der Waals surface area contributed by atoms with E-state index in [-0.39, 0.29) is 30.5 Å². The number of hydrogen-bond donors (Lipinski definition) is 0. The predicted octanol–water partition coefficient (Wildman–Crippen LogP) is 0.798. The second kappa shape index (κ2) is 5.11. The predicted molar refractivity (Wildman–Crippen MR) is 73.1 cm³/mol. The van der Waals surface area contributed by atoms with Crippen LogP contribution >= 0.6 is 0 Å². The Hall–Kier alpha value is -0.280. The van der Waals surface area contributed by atoms with Crippen LogP contribution in [0.1, 0.15) is 27.7 Å². The Kier molecular flexibility index (Phi) is 3.54. The minimum atomic E-state index is -0.687. The first-order chi connectivity index (χ1) is 10.3. The fraction of sp³-hybridized carbons (Fsp3) is 1.00. The summed E-state index contributed by atoms with van der Waals surface area (Å²) in [6, 6.07) is 0. The van der Waals surface area contributed by atoms with Gasteiger partial charge in [0.1, 0.15) is 30.5 Å². The Balaban J connectivity index is 1.47. The van der Waals surface area contributed by atoms with E-state index in [0.29, 0.717) is 13.2 Å². The van der Waals surface area contributed by atoms with Crippen molar-refractivity contribution in [2.45, 2.75) is 76.1 Å². The third kappa shape index (κ3) is 2.91. The van der Waals surface area contributed by atoms with Gasteiger partial charge in [0.05, 0.1) is 19.8 Å². The van der Waals surface area contributed by atoms with Gasteiger partial charge in [-0.2, -0.15) is 0 Å². The number of rotatable bonds is 4. The molecule has 4 aliphatic rings. The zero-order chi connectivity index (χ0) is 15.5. The van der Waals surface area contributed by atoms with Crippen LogP contribution in [0.4, 0.5) is 0 Å². The van der Waals surface area contributed by atoms with Crippen LogP contribution in [0.3, 0.4) is 0 Å². The average molecular weight is 316 g/mol. The van der Waals surface area contributed by atoms with Crippen LogP contribution in [0.2, 0.25) is 0 Å². The molecule has 0 bridgehead atoms. The van der Waals surface area contributed by atoms with Crippen molar-refractivity contribution >= 4 is 0 Å². The van der Waals surface area contributed by atoms with Crippen LogP contribution in [-0.2, 0) is 33.2 Å². The number of hydrogen-bond acceptors (Lipinski definition) is 7. The van der Waals surface area contributed by atoms with E-state index >= 15 is 0 Å². The van der Waals surface area contributed by atoms with Gasteiger partial charge >= 0.3 is 0 Å². The molecule has 4 saturated heterocycles. The van der Waals surface area contributed by atoms with E-state index in [1.807, 2.05) is 27.7 Å². The van der Waals surface area contributed by atoms with Crippen molar-refractivity contribution in [2.75, 3.05) is 19.8 Å². The summed E-state index contributed by atoms with van der Waals surface area (Å²) in [7, 11) is 0. The highest BCUT2D eigenvalue weighted by Crippen LogP contribution is 2.44. The molecule has 0 aromatic rings. The van der Waals surface area contributed by atoms with Crippen LogP contribution < -0.4 is 0 Å². The van der Waals surface area contributed by atoms with Gasteiger partial charge in [0.2, 0.25) is 0 Å². The molecule has 0 aromatic heterocycles. The van der Waals surface area contributed by atoms with Gasteiger partial charge in [0.15, 0.2) is 17.9 Å². The van der Waals surface area contributed by atoms with E-state index < -0.39 is 17.9 Å². The summed E-state index contributed by atoms with van der Waals surface area (Å²) in [4.78, 5) is 0. The smallest absolute Gasteiger partial charge is 0.190 e. The molecule has 4 heterocycles. The molecule has 0 saturated carbocycles. The molecule has 0 amide bonds. The number of ether oxygens (including phenoxy) is 7. The zero-order valence-corrected chi connectivity index (χ0v) is 13.4. The fourth-order valence-corrected chi connectivity index (χ4v) is 3.31. The lowest BCUT2D eigenvalue weighted by Gasteiger charge is -2.37. The van der Waals surface area contributed by atoms with Crippen LogP contribution in [0.15, 0.2) is 0 Å². The molecular formula is C15H24O7. The Morgan fingerprint density at radius 3 is 2.23 bits per heavy atom. The Morgan fingerprint density at radius 1 is 0.864 bits per heavy atom. The maximum atomic E-state index is 6.04. The Bertz CT molecular complexity index is 434. The van der Waals surface area contributed by atoms with E-state index in [1.165, 1.54) is 0 Å². The molecule has 22 heavy (non-hydrogen) atoms. The molecule has 0 aromatic carbocycles. The number of fused-ring (bicyclic) bond motifs is 3. The first-order valence-corrected chi connectivity index (χ1v) is 7.89. The summed E-state index contributed by atoms with van der Waals surface area (Å²) in [6.07, 6.45) is -1.21. The molecule has 0 spiro atoms. The first-order valence-electron chi connectivity index (χ1n) is 7.89. The molecule has 7 nitrogen and oxygen atoms in total. The van der Waals surface area contributed by atoms with E-state index in [0.717, 1.165) is 6.61 Å². The molecule has 4 aliphatic heterocycles. The third-order valence-electron chi connectivity index (χ3n) is 4.24. The van der Waals surface area contributed by atoms with Crippen molar-refractivity contribution in [2.24, 2.45) is 0 Å². The van der Waals surface area contributed by atoms with Gasteiger partial charge in [-0.3, -0.25) is 0 Å². The summed E-state index contributed by atoms with van der Waals surface area (Å²) in [5.74, 6) is -1.35. The Morgan fingerprint density at radius 2 is 1.50 bits per heavy atom. The minimum Gasteiger partial charge on any atom is -0.376 e.